The summed E-state index contributed by atoms with van der Waals surface area (Å²) in [5, 5.41) is 7.17. The lowest BCUT2D eigenvalue weighted by molar-refractivity contribution is -0.117. The molecule has 0 aliphatic rings. The number of aromatic nitrogens is 2. The Bertz CT molecular complexity index is 937. The normalized spacial score (nSPS) is 11.0. The van der Waals surface area contributed by atoms with Crippen molar-refractivity contribution in [2.75, 3.05) is 18.9 Å². The van der Waals surface area contributed by atoms with Crippen LogP contribution >= 0.6 is 0 Å². The molecule has 0 saturated carbocycles. The van der Waals surface area contributed by atoms with Gasteiger partial charge in [0, 0.05) is 12.6 Å². The highest BCUT2D eigenvalue weighted by Gasteiger charge is 2.13. The summed E-state index contributed by atoms with van der Waals surface area (Å²) in [6, 6.07) is 13.9. The minimum Gasteiger partial charge on any atom is -0.309 e. The van der Waals surface area contributed by atoms with Crippen molar-refractivity contribution in [1.29, 1.82) is 0 Å². The van der Waals surface area contributed by atoms with Gasteiger partial charge in [-0.2, -0.15) is 5.10 Å². The van der Waals surface area contributed by atoms with Crippen LogP contribution in [0, 0.1) is 18.6 Å². The number of carbonyl (C=O) groups excluding carboxylic acids is 1. The highest BCUT2D eigenvalue weighted by Crippen LogP contribution is 2.17. The molecule has 1 heterocycles. The molecule has 3 rings (SSSR count). The molecule has 0 bridgehead atoms. The minimum atomic E-state index is -0.341. The Hall–Kier alpha value is -3.06. The molecule has 0 radical (unpaired) electrons. The van der Waals surface area contributed by atoms with Crippen molar-refractivity contribution >= 4 is 11.7 Å². The fourth-order valence-electron chi connectivity index (χ4n) is 2.80. The number of likely N-dealkylation sites (N-methyl/N-ethyl adjacent to an activating group) is 1. The summed E-state index contributed by atoms with van der Waals surface area (Å²) in [4.78, 5) is 14.2. The zero-order valence-corrected chi connectivity index (χ0v) is 15.1. The second-order valence-corrected chi connectivity index (χ2v) is 6.41. The van der Waals surface area contributed by atoms with Gasteiger partial charge in [-0.05, 0) is 55.9 Å². The summed E-state index contributed by atoms with van der Waals surface area (Å²) >= 11 is 0. The fourth-order valence-corrected chi connectivity index (χ4v) is 2.80. The second kappa shape index (κ2) is 8.09. The van der Waals surface area contributed by atoms with Crippen LogP contribution in [0.25, 0.3) is 5.69 Å². The summed E-state index contributed by atoms with van der Waals surface area (Å²) in [6.45, 7) is 2.39. The van der Waals surface area contributed by atoms with Gasteiger partial charge in [0.15, 0.2) is 0 Å². The van der Waals surface area contributed by atoms with Gasteiger partial charge >= 0.3 is 0 Å². The van der Waals surface area contributed by atoms with E-state index in [4.69, 9.17) is 0 Å². The first-order valence-electron chi connectivity index (χ1n) is 8.46. The quantitative estimate of drug-likeness (QED) is 0.722. The summed E-state index contributed by atoms with van der Waals surface area (Å²) in [6.07, 6.45) is 0. The van der Waals surface area contributed by atoms with E-state index >= 15 is 0 Å². The van der Waals surface area contributed by atoms with E-state index in [1.54, 1.807) is 40.9 Å². The number of hydrogen-bond acceptors (Lipinski definition) is 3. The number of amides is 1. The van der Waals surface area contributed by atoms with Crippen LogP contribution in [0.5, 0.6) is 0 Å². The van der Waals surface area contributed by atoms with E-state index in [2.05, 4.69) is 10.4 Å². The Balaban J connectivity index is 1.66. The number of carbonyl (C=O) groups is 1. The third kappa shape index (κ3) is 4.98. The first-order valence-corrected chi connectivity index (χ1v) is 8.46. The maximum Gasteiger partial charge on any atom is 0.239 e. The molecular weight excluding hydrogens is 350 g/mol. The van der Waals surface area contributed by atoms with Crippen LogP contribution in [0.3, 0.4) is 0 Å². The number of hydrogen-bond donors (Lipinski definition) is 1. The Morgan fingerprint density at radius 2 is 1.85 bits per heavy atom. The first kappa shape index (κ1) is 18.7. The molecule has 1 N–H and O–H groups in total. The average molecular weight is 370 g/mol. The van der Waals surface area contributed by atoms with E-state index in [9.17, 15) is 13.6 Å². The maximum atomic E-state index is 13.3. The van der Waals surface area contributed by atoms with Crippen LogP contribution < -0.4 is 5.32 Å². The van der Waals surface area contributed by atoms with Gasteiger partial charge in [-0.25, -0.2) is 13.5 Å². The van der Waals surface area contributed by atoms with E-state index in [1.807, 2.05) is 13.0 Å². The van der Waals surface area contributed by atoms with E-state index in [0.29, 0.717) is 18.1 Å². The third-order valence-corrected chi connectivity index (χ3v) is 3.93. The Morgan fingerprint density at radius 3 is 2.56 bits per heavy atom. The molecule has 1 aromatic heterocycles. The predicted molar refractivity (Wildman–Crippen MR) is 99.6 cm³/mol. The van der Waals surface area contributed by atoms with Crippen molar-refractivity contribution in [2.24, 2.45) is 0 Å². The first-order chi connectivity index (χ1) is 12.9. The standard InChI is InChI=1S/C20H20F2N4O/c1-14-10-19(26(24-14)18-8-6-16(21)7-9-18)23-20(27)13-25(2)12-15-4-3-5-17(22)11-15/h3-11H,12-13H2,1-2H3,(H,23,27). The molecule has 0 atom stereocenters. The van der Waals surface area contributed by atoms with Crippen LogP contribution in [0.15, 0.2) is 54.6 Å². The zero-order chi connectivity index (χ0) is 19.4. The lowest BCUT2D eigenvalue weighted by atomic mass is 10.2. The number of benzene rings is 2. The van der Waals surface area contributed by atoms with Gasteiger partial charge in [0.2, 0.25) is 5.91 Å². The Kier molecular flexibility index (Phi) is 5.61. The fraction of sp³-hybridized carbons (Fsp3) is 0.200. The smallest absolute Gasteiger partial charge is 0.239 e. The number of halogens is 2. The average Bonchev–Trinajstić information content (AvgIpc) is 2.95. The molecule has 2 aromatic carbocycles. The van der Waals surface area contributed by atoms with Crippen molar-refractivity contribution in [3.63, 3.8) is 0 Å². The highest BCUT2D eigenvalue weighted by atomic mass is 19.1. The topological polar surface area (TPSA) is 50.2 Å². The molecule has 0 fully saturated rings. The Labute approximate surface area is 156 Å². The zero-order valence-electron chi connectivity index (χ0n) is 15.1. The molecular formula is C20H20F2N4O. The lowest BCUT2D eigenvalue weighted by Gasteiger charge is -2.16. The number of nitrogens with one attached hydrogen (secondary N) is 1. The van der Waals surface area contributed by atoms with Gasteiger partial charge in [0.1, 0.15) is 17.5 Å². The number of nitrogens with zero attached hydrogens (tertiary/aromatic N) is 3. The number of aryl methyl sites for hydroxylation is 1. The van der Waals surface area contributed by atoms with Crippen molar-refractivity contribution in [3.05, 3.63) is 77.5 Å². The van der Waals surface area contributed by atoms with Gasteiger partial charge in [0.25, 0.3) is 0 Å². The summed E-state index contributed by atoms with van der Waals surface area (Å²) < 4.78 is 28.0. The van der Waals surface area contributed by atoms with Crippen molar-refractivity contribution < 1.29 is 13.6 Å². The van der Waals surface area contributed by atoms with E-state index in [1.165, 1.54) is 24.3 Å². The summed E-state index contributed by atoms with van der Waals surface area (Å²) in [5.74, 6) is -0.364. The summed E-state index contributed by atoms with van der Waals surface area (Å²) in [7, 11) is 1.78. The van der Waals surface area contributed by atoms with E-state index < -0.39 is 0 Å². The molecule has 140 valence electrons. The molecule has 0 aliphatic heterocycles. The summed E-state index contributed by atoms with van der Waals surface area (Å²) in [5.41, 5.74) is 2.16. The Morgan fingerprint density at radius 1 is 1.11 bits per heavy atom. The van der Waals surface area contributed by atoms with Gasteiger partial charge in [-0.3, -0.25) is 9.69 Å². The molecule has 5 nitrogen and oxygen atoms in total. The molecule has 1 amide bonds. The van der Waals surface area contributed by atoms with Crippen molar-refractivity contribution in [1.82, 2.24) is 14.7 Å². The molecule has 3 aromatic rings. The molecule has 0 unspecified atom stereocenters. The van der Waals surface area contributed by atoms with Gasteiger partial charge in [-0.1, -0.05) is 12.1 Å². The molecule has 0 saturated heterocycles. The molecule has 7 heteroatoms. The van der Waals surface area contributed by atoms with E-state index in [0.717, 1.165) is 11.3 Å². The second-order valence-electron chi connectivity index (χ2n) is 6.41. The van der Waals surface area contributed by atoms with Gasteiger partial charge in [0.05, 0.1) is 17.9 Å². The van der Waals surface area contributed by atoms with E-state index in [-0.39, 0.29) is 24.1 Å². The van der Waals surface area contributed by atoms with Crippen molar-refractivity contribution in [3.8, 4) is 5.69 Å². The van der Waals surface area contributed by atoms with Crippen LogP contribution in [0.4, 0.5) is 14.6 Å². The molecule has 27 heavy (non-hydrogen) atoms. The largest absolute Gasteiger partial charge is 0.309 e. The van der Waals surface area contributed by atoms with Gasteiger partial charge in [-0.15, -0.1) is 0 Å². The number of anilines is 1. The van der Waals surface area contributed by atoms with Gasteiger partial charge < -0.3 is 5.32 Å². The SMILES string of the molecule is Cc1cc(NC(=O)CN(C)Cc2cccc(F)c2)n(-c2ccc(F)cc2)n1. The highest BCUT2D eigenvalue weighted by molar-refractivity contribution is 5.91. The monoisotopic (exact) mass is 370 g/mol. The van der Waals surface area contributed by atoms with Crippen molar-refractivity contribution in [2.45, 2.75) is 13.5 Å². The molecule has 0 aliphatic carbocycles. The third-order valence-electron chi connectivity index (χ3n) is 3.93. The minimum absolute atomic E-state index is 0.129. The molecule has 0 spiro atoms. The maximum absolute atomic E-state index is 13.3. The van der Waals surface area contributed by atoms with Crippen LogP contribution in [-0.4, -0.2) is 34.2 Å². The number of rotatable bonds is 6. The van der Waals surface area contributed by atoms with Crippen LogP contribution in [0.2, 0.25) is 0 Å². The predicted octanol–water partition coefficient (Wildman–Crippen LogP) is 3.53. The van der Waals surface area contributed by atoms with Crippen LogP contribution in [-0.2, 0) is 11.3 Å². The lowest BCUT2D eigenvalue weighted by Crippen LogP contribution is -2.30. The van der Waals surface area contributed by atoms with Crippen LogP contribution in [0.1, 0.15) is 11.3 Å².